The Labute approximate surface area is 98.8 Å². The predicted molar refractivity (Wildman–Crippen MR) is 66.4 cm³/mol. The summed E-state index contributed by atoms with van der Waals surface area (Å²) in [5.41, 5.74) is 0. The van der Waals surface area contributed by atoms with Crippen molar-refractivity contribution in [1.29, 1.82) is 0 Å². The second kappa shape index (κ2) is 7.63. The summed E-state index contributed by atoms with van der Waals surface area (Å²) in [7, 11) is 0. The molecular formula is C12H25N3O. The zero-order chi connectivity index (χ0) is 11.8. The Kier molecular flexibility index (Phi) is 6.42. The number of hydrogen-bond donors (Lipinski definition) is 2. The molecule has 1 atom stereocenters. The van der Waals surface area contributed by atoms with Gasteiger partial charge in [-0.05, 0) is 44.9 Å². The molecule has 4 nitrogen and oxygen atoms in total. The van der Waals surface area contributed by atoms with Crippen molar-refractivity contribution in [3.63, 3.8) is 0 Å². The van der Waals surface area contributed by atoms with E-state index in [0.717, 1.165) is 45.1 Å². The fourth-order valence-electron chi connectivity index (χ4n) is 2.08. The fourth-order valence-corrected chi connectivity index (χ4v) is 2.08. The normalized spacial score (nSPS) is 20.3. The average molecular weight is 227 g/mol. The lowest BCUT2D eigenvalue weighted by atomic mass is 10.1. The maximum atomic E-state index is 11.6. The fraction of sp³-hybridized carbons (Fsp3) is 0.917. The molecule has 0 bridgehead atoms. The molecule has 1 aliphatic rings. The van der Waals surface area contributed by atoms with Crippen LogP contribution < -0.4 is 10.6 Å². The highest BCUT2D eigenvalue weighted by atomic mass is 16.2. The first kappa shape index (κ1) is 13.5. The number of carbonyl (C=O) groups excluding carboxylic acids is 1. The van der Waals surface area contributed by atoms with E-state index in [4.69, 9.17) is 0 Å². The molecule has 0 aromatic heterocycles. The third-order valence-corrected chi connectivity index (χ3v) is 3.30. The van der Waals surface area contributed by atoms with Gasteiger partial charge in [0.15, 0.2) is 0 Å². The van der Waals surface area contributed by atoms with E-state index in [1.54, 1.807) is 0 Å². The predicted octanol–water partition coefficient (Wildman–Crippen LogP) is 0.444. The first-order chi connectivity index (χ1) is 7.76. The van der Waals surface area contributed by atoms with Crippen molar-refractivity contribution in [3.05, 3.63) is 0 Å². The Bertz CT molecular complexity index is 198. The maximum Gasteiger partial charge on any atom is 0.234 e. The molecule has 0 aromatic rings. The van der Waals surface area contributed by atoms with Crippen molar-refractivity contribution in [3.8, 4) is 0 Å². The molecule has 94 valence electrons. The van der Waals surface area contributed by atoms with E-state index in [9.17, 15) is 4.79 Å². The number of carbonyl (C=O) groups is 1. The number of amides is 1. The van der Waals surface area contributed by atoms with E-state index < -0.39 is 0 Å². The molecule has 0 spiro atoms. The topological polar surface area (TPSA) is 44.4 Å². The molecule has 1 fully saturated rings. The molecule has 1 aliphatic heterocycles. The van der Waals surface area contributed by atoms with Gasteiger partial charge in [0.25, 0.3) is 0 Å². The van der Waals surface area contributed by atoms with E-state index in [1.807, 2.05) is 0 Å². The molecule has 16 heavy (non-hydrogen) atoms. The van der Waals surface area contributed by atoms with Crippen LogP contribution in [-0.2, 0) is 4.79 Å². The van der Waals surface area contributed by atoms with Crippen LogP contribution in [0.2, 0.25) is 0 Å². The first-order valence-electron chi connectivity index (χ1n) is 6.46. The van der Waals surface area contributed by atoms with E-state index >= 15 is 0 Å². The highest BCUT2D eigenvalue weighted by Gasteiger charge is 2.14. The summed E-state index contributed by atoms with van der Waals surface area (Å²) in [5.74, 6) is 0.920. The van der Waals surface area contributed by atoms with Crippen LogP contribution in [0.1, 0.15) is 26.7 Å². The molecule has 1 saturated heterocycles. The van der Waals surface area contributed by atoms with Crippen LogP contribution in [0.3, 0.4) is 0 Å². The van der Waals surface area contributed by atoms with Gasteiger partial charge in [0.1, 0.15) is 0 Å². The van der Waals surface area contributed by atoms with Crippen molar-refractivity contribution in [2.24, 2.45) is 5.92 Å². The lowest BCUT2D eigenvalue weighted by molar-refractivity contribution is -0.122. The van der Waals surface area contributed by atoms with Gasteiger partial charge in [0, 0.05) is 6.54 Å². The Morgan fingerprint density at radius 3 is 2.75 bits per heavy atom. The van der Waals surface area contributed by atoms with Gasteiger partial charge in [-0.2, -0.15) is 0 Å². The van der Waals surface area contributed by atoms with Crippen molar-refractivity contribution < 1.29 is 4.79 Å². The molecule has 4 heteroatoms. The van der Waals surface area contributed by atoms with Gasteiger partial charge in [0.05, 0.1) is 6.54 Å². The second-order valence-corrected chi connectivity index (χ2v) is 4.46. The number of hydrogen-bond acceptors (Lipinski definition) is 3. The number of nitrogens with zero attached hydrogens (tertiary/aromatic N) is 1. The van der Waals surface area contributed by atoms with Crippen LogP contribution in [0.4, 0.5) is 0 Å². The molecule has 2 N–H and O–H groups in total. The summed E-state index contributed by atoms with van der Waals surface area (Å²) in [5, 5.41) is 6.34. The lowest BCUT2D eigenvalue weighted by Crippen LogP contribution is -2.37. The number of nitrogens with one attached hydrogen (secondary N) is 2. The summed E-state index contributed by atoms with van der Waals surface area (Å²) in [6.07, 6.45) is 2.36. The van der Waals surface area contributed by atoms with Crippen LogP contribution in [0, 0.1) is 5.92 Å². The van der Waals surface area contributed by atoms with Crippen molar-refractivity contribution in [2.45, 2.75) is 26.7 Å². The zero-order valence-electron chi connectivity index (χ0n) is 10.6. The summed E-state index contributed by atoms with van der Waals surface area (Å²) in [6, 6.07) is 0. The molecule has 0 radical (unpaired) electrons. The first-order valence-corrected chi connectivity index (χ1v) is 6.46. The molecule has 1 rings (SSSR count). The number of rotatable bonds is 7. The molecule has 0 saturated carbocycles. The highest BCUT2D eigenvalue weighted by Crippen LogP contribution is 2.10. The standard InChI is InChI=1S/C12H25N3O/c1-3-15(4-2)10-12(16)14-8-6-11-5-7-13-9-11/h11,13H,3-10H2,1-2H3,(H,14,16). The van der Waals surface area contributed by atoms with Gasteiger partial charge < -0.3 is 10.6 Å². The SMILES string of the molecule is CCN(CC)CC(=O)NCCC1CCNC1. The quantitative estimate of drug-likeness (QED) is 0.663. The molecule has 0 aromatic carbocycles. The van der Waals surface area contributed by atoms with E-state index in [-0.39, 0.29) is 5.91 Å². The van der Waals surface area contributed by atoms with E-state index in [2.05, 4.69) is 29.4 Å². The van der Waals surface area contributed by atoms with Crippen molar-refractivity contribution >= 4 is 5.91 Å². The molecule has 1 heterocycles. The minimum absolute atomic E-state index is 0.162. The molecular weight excluding hydrogens is 202 g/mol. The summed E-state index contributed by atoms with van der Waals surface area (Å²) in [6.45, 7) is 9.67. The van der Waals surface area contributed by atoms with Gasteiger partial charge in [-0.25, -0.2) is 0 Å². The monoisotopic (exact) mass is 227 g/mol. The minimum atomic E-state index is 0.162. The Balaban J connectivity index is 2.05. The molecule has 1 unspecified atom stereocenters. The minimum Gasteiger partial charge on any atom is -0.355 e. The Hall–Kier alpha value is -0.610. The molecule has 1 amide bonds. The van der Waals surface area contributed by atoms with Crippen molar-refractivity contribution in [1.82, 2.24) is 15.5 Å². The van der Waals surface area contributed by atoms with Gasteiger partial charge in [0.2, 0.25) is 5.91 Å². The Morgan fingerprint density at radius 1 is 1.44 bits per heavy atom. The van der Waals surface area contributed by atoms with Gasteiger partial charge in [-0.15, -0.1) is 0 Å². The lowest BCUT2D eigenvalue weighted by Gasteiger charge is -2.17. The van der Waals surface area contributed by atoms with Crippen LogP contribution >= 0.6 is 0 Å². The number of likely N-dealkylation sites (N-methyl/N-ethyl adjacent to an activating group) is 1. The van der Waals surface area contributed by atoms with E-state index in [0.29, 0.717) is 6.54 Å². The Morgan fingerprint density at radius 2 is 2.19 bits per heavy atom. The van der Waals surface area contributed by atoms with Crippen molar-refractivity contribution in [2.75, 3.05) is 39.3 Å². The molecule has 0 aliphatic carbocycles. The van der Waals surface area contributed by atoms with Crippen LogP contribution in [0.25, 0.3) is 0 Å². The largest absolute Gasteiger partial charge is 0.355 e. The average Bonchev–Trinajstić information content (AvgIpc) is 2.79. The second-order valence-electron chi connectivity index (χ2n) is 4.46. The van der Waals surface area contributed by atoms with Gasteiger partial charge in [-0.3, -0.25) is 9.69 Å². The third-order valence-electron chi connectivity index (χ3n) is 3.30. The smallest absolute Gasteiger partial charge is 0.234 e. The summed E-state index contributed by atoms with van der Waals surface area (Å²) < 4.78 is 0. The summed E-state index contributed by atoms with van der Waals surface area (Å²) in [4.78, 5) is 13.7. The summed E-state index contributed by atoms with van der Waals surface area (Å²) >= 11 is 0. The van der Waals surface area contributed by atoms with Gasteiger partial charge >= 0.3 is 0 Å². The maximum absolute atomic E-state index is 11.6. The van der Waals surface area contributed by atoms with Crippen LogP contribution in [0.15, 0.2) is 0 Å². The zero-order valence-corrected chi connectivity index (χ0v) is 10.6. The van der Waals surface area contributed by atoms with Gasteiger partial charge in [-0.1, -0.05) is 13.8 Å². The van der Waals surface area contributed by atoms with E-state index in [1.165, 1.54) is 6.42 Å². The van der Waals surface area contributed by atoms with Crippen LogP contribution in [-0.4, -0.2) is 50.1 Å². The van der Waals surface area contributed by atoms with Crippen LogP contribution in [0.5, 0.6) is 0 Å². The highest BCUT2D eigenvalue weighted by molar-refractivity contribution is 5.77. The third kappa shape index (κ3) is 4.94.